The van der Waals surface area contributed by atoms with Gasteiger partial charge in [-0.15, -0.1) is 0 Å². The van der Waals surface area contributed by atoms with Gasteiger partial charge in [0.25, 0.3) is 0 Å². The molecule has 0 saturated carbocycles. The van der Waals surface area contributed by atoms with Crippen LogP contribution in [0.3, 0.4) is 0 Å². The van der Waals surface area contributed by atoms with Gasteiger partial charge in [-0.25, -0.2) is 0 Å². The van der Waals surface area contributed by atoms with Crippen LogP contribution in [0.15, 0.2) is 0 Å². The van der Waals surface area contributed by atoms with Crippen LogP contribution >= 0.6 is 0 Å². The van der Waals surface area contributed by atoms with Crippen molar-refractivity contribution >= 4 is 0 Å². The van der Waals surface area contributed by atoms with Gasteiger partial charge in [-0.1, -0.05) is 0 Å². The van der Waals surface area contributed by atoms with Crippen LogP contribution in [-0.2, 0) is 0 Å². The molecule has 0 heterocycles. The van der Waals surface area contributed by atoms with Crippen LogP contribution in [0.1, 0.15) is 13.8 Å². The predicted octanol–water partition coefficient (Wildman–Crippen LogP) is 0.153. The van der Waals surface area contributed by atoms with Crippen molar-refractivity contribution in [1.82, 2.24) is 4.90 Å². The molecule has 2 nitrogen and oxygen atoms in total. The van der Waals surface area contributed by atoms with E-state index in [1.54, 1.807) is 0 Å². The average molecular weight is 369 g/mol. The summed E-state index contributed by atoms with van der Waals surface area (Å²) in [6.45, 7) is 6.02. The maximum atomic E-state index is 9.03. The van der Waals surface area contributed by atoms with Crippen LogP contribution in [-0.4, -0.2) is 29.8 Å². The summed E-state index contributed by atoms with van der Waals surface area (Å²) in [5.41, 5.74) is 0. The average Bonchev–Trinajstić information content (AvgIpc) is 1.69. The zero-order chi connectivity index (χ0) is 6.57. The molecule has 8 heavy (non-hydrogen) atoms. The molecule has 0 aliphatic carbocycles. The monoisotopic (exact) mass is 369 g/mol. The number of hydrogen-bond donors (Lipinski definition) is 1. The molecule has 0 fully saturated rings. The SMILES string of the molecule is CCN(CC)[CH](O)[Rf]. The number of aliphatic hydroxyl groups excluding tert-OH is 1. The van der Waals surface area contributed by atoms with E-state index in [9.17, 15) is 0 Å². The minimum absolute atomic E-state index is 0.0779. The molecule has 0 aromatic rings. The Bertz CT molecular complexity index is 54.4. The molecule has 3 heteroatoms. The summed E-state index contributed by atoms with van der Waals surface area (Å²) in [5.74, 6) is 0. The summed E-state index contributed by atoms with van der Waals surface area (Å²) < 4.78 is 0.381. The molecule has 0 saturated heterocycles. The molecule has 0 aliphatic heterocycles. The second kappa shape index (κ2) is 2.99. The van der Waals surface area contributed by atoms with Crippen LogP contribution in [0.25, 0.3) is 0 Å². The Morgan fingerprint density at radius 2 is 1.88 bits per heavy atom. The van der Waals surface area contributed by atoms with Crippen molar-refractivity contribution < 1.29 is 5.11 Å². The molecule has 0 spiro atoms. The van der Waals surface area contributed by atoms with Crippen molar-refractivity contribution in [3.05, 3.63) is 0 Å². The normalized spacial score (nSPS) is 14.8. The Morgan fingerprint density at radius 3 is 1.88 bits per heavy atom. The maximum absolute atomic E-state index is 9.03. The first-order valence-electron chi connectivity index (χ1n) is 2.97. The van der Waals surface area contributed by atoms with Crippen LogP contribution in [0.2, 0.25) is 0 Å². The van der Waals surface area contributed by atoms with Gasteiger partial charge in [0.15, 0.2) is 0 Å². The van der Waals surface area contributed by atoms with Gasteiger partial charge in [0, 0.05) is 0 Å². The summed E-state index contributed by atoms with van der Waals surface area (Å²) >= 11 is 0. The van der Waals surface area contributed by atoms with Crippen molar-refractivity contribution in [2.24, 2.45) is 0 Å². The standard InChI is InChI=1S/C5H12NO.Rf/c1-3-6(4-2)5-7;/h5,7H,3-4H2,1-2H3;. The van der Waals surface area contributed by atoms with E-state index in [0.717, 1.165) is 13.1 Å². The van der Waals surface area contributed by atoms with Crippen LogP contribution in [0, 0.1) is 0 Å². The van der Waals surface area contributed by atoms with E-state index in [2.05, 4.69) is 18.7 Å². The fourth-order valence-corrected chi connectivity index (χ4v) is 2.98. The van der Waals surface area contributed by atoms with Gasteiger partial charge in [-0.05, 0) is 0 Å². The molecular formula is C5H12NORf. The third-order valence-electron chi connectivity index (χ3n) is 1.23. The van der Waals surface area contributed by atoms with Gasteiger partial charge in [-0.3, -0.25) is 0 Å². The number of nitrogens with zero attached hydrogens (tertiary/aromatic N) is 1. The molecule has 1 N–H and O–H groups in total. The molecule has 0 rings (SSSR count). The summed E-state index contributed by atoms with van der Waals surface area (Å²) in [5, 5.41) is 9.03. The first kappa shape index (κ1) is 6.92. The van der Waals surface area contributed by atoms with Crippen molar-refractivity contribution in [1.29, 1.82) is 0 Å². The van der Waals surface area contributed by atoms with E-state index in [4.69, 9.17) is 5.11 Å². The molecule has 0 bridgehead atoms. The molecule has 1 atom stereocenters. The first-order valence-corrected chi connectivity index (χ1v) is 6.67. The first-order chi connectivity index (χ1) is 3.72. The Kier molecular flexibility index (Phi) is 2.59. The van der Waals surface area contributed by atoms with E-state index < -0.39 is 0 Å². The predicted molar refractivity (Wildman–Crippen MR) is 28.9 cm³/mol. The van der Waals surface area contributed by atoms with Gasteiger partial charge in [-0.2, -0.15) is 0 Å². The molecular weight excluding hydrogens is 357 g/mol. The fraction of sp³-hybridized carbons (Fsp3) is 1.00. The summed E-state index contributed by atoms with van der Waals surface area (Å²) in [6.07, 6.45) is 0. The number of rotatable bonds is 3. The number of hydrogen-bond acceptors (Lipinski definition) is 2. The second-order valence-corrected chi connectivity index (χ2v) is 5.01. The molecule has 0 amide bonds. The second-order valence-electron chi connectivity index (χ2n) is 1.70. The summed E-state index contributed by atoms with van der Waals surface area (Å²) in [7, 11) is 0. The molecule has 1 unspecified atom stereocenters. The molecule has 0 radical (unpaired) electrons. The zero-order valence-electron chi connectivity index (χ0n) is 5.59. The van der Waals surface area contributed by atoms with Crippen LogP contribution in [0.4, 0.5) is 0 Å². The van der Waals surface area contributed by atoms with Crippen molar-refractivity contribution in [2.75, 3.05) is 13.1 Å². The molecule has 0 aromatic carbocycles. The van der Waals surface area contributed by atoms with E-state index in [-0.39, 0.29) is 6.73 Å². The van der Waals surface area contributed by atoms with Gasteiger partial charge in [0.05, 0.1) is 0 Å². The Morgan fingerprint density at radius 1 is 1.50 bits per heavy atom. The van der Waals surface area contributed by atoms with Gasteiger partial charge in [0.1, 0.15) is 0 Å². The Balaban J connectivity index is 3.35. The van der Waals surface area contributed by atoms with Gasteiger partial charge < -0.3 is 0 Å². The van der Waals surface area contributed by atoms with Crippen LogP contribution in [0.5, 0.6) is 0 Å². The van der Waals surface area contributed by atoms with E-state index >= 15 is 0 Å². The van der Waals surface area contributed by atoms with Gasteiger partial charge >= 0.3 is 43.7 Å². The third kappa shape index (κ3) is 1.58. The number of aliphatic hydroxyl groups is 1. The van der Waals surface area contributed by atoms with Gasteiger partial charge in [0.2, 0.25) is 0 Å². The van der Waals surface area contributed by atoms with E-state index in [1.807, 2.05) is 0 Å². The third-order valence-corrected chi connectivity index (χ3v) is 3.57. The Hall–Kier alpha value is -1.08. The summed E-state index contributed by atoms with van der Waals surface area (Å²) in [6, 6.07) is 0. The molecule has 45 valence electrons. The summed E-state index contributed by atoms with van der Waals surface area (Å²) in [4.78, 5) is 2.07. The zero-order valence-corrected chi connectivity index (χ0v) is 12.0. The van der Waals surface area contributed by atoms with E-state index in [0.29, 0.717) is 0 Å². The topological polar surface area (TPSA) is 23.5 Å². The van der Waals surface area contributed by atoms with E-state index in [1.165, 1.54) is 0 Å². The fourth-order valence-electron chi connectivity index (χ4n) is 0.645. The van der Waals surface area contributed by atoms with Crippen LogP contribution < -0.4 is 0 Å². The van der Waals surface area contributed by atoms with Crippen molar-refractivity contribution in [2.45, 2.75) is 20.6 Å². The molecule has 0 aliphatic rings. The van der Waals surface area contributed by atoms with Crippen molar-refractivity contribution in [3.63, 3.8) is 0 Å². The minimum atomic E-state index is -0.0779. The quantitative estimate of drug-likeness (QED) is 0.717. The molecule has 0 aromatic heterocycles. The van der Waals surface area contributed by atoms with Crippen molar-refractivity contribution in [3.8, 4) is 0 Å². The Labute approximate surface area is 44.8 Å².